The summed E-state index contributed by atoms with van der Waals surface area (Å²) in [5, 5.41) is 0. The van der Waals surface area contributed by atoms with Gasteiger partial charge in [0.15, 0.2) is 0 Å². The minimum absolute atomic E-state index is 0.0176. The highest BCUT2D eigenvalue weighted by Gasteiger charge is 2.43. The molecule has 2 N–H and O–H groups in total. The Balaban J connectivity index is 1.93. The van der Waals surface area contributed by atoms with Gasteiger partial charge >= 0.3 is 0 Å². The van der Waals surface area contributed by atoms with E-state index in [4.69, 9.17) is 10.5 Å². The fourth-order valence-corrected chi connectivity index (χ4v) is 4.03. The lowest BCUT2D eigenvalue weighted by Gasteiger charge is -2.41. The molecule has 1 atom stereocenters. The lowest BCUT2D eigenvalue weighted by atomic mass is 9.73. The van der Waals surface area contributed by atoms with E-state index in [1.165, 1.54) is 57.8 Å². The third-order valence-corrected chi connectivity index (χ3v) is 5.44. The van der Waals surface area contributed by atoms with Crippen molar-refractivity contribution in [2.75, 3.05) is 7.11 Å². The van der Waals surface area contributed by atoms with E-state index in [2.05, 4.69) is 6.92 Å². The van der Waals surface area contributed by atoms with Gasteiger partial charge in [-0.1, -0.05) is 39.0 Å². The number of hydrogen-bond donors (Lipinski definition) is 1. The molecule has 2 aliphatic carbocycles. The minimum Gasteiger partial charge on any atom is -0.377 e. The summed E-state index contributed by atoms with van der Waals surface area (Å²) in [5.41, 5.74) is 6.58. The molecule has 0 aromatic rings. The van der Waals surface area contributed by atoms with Crippen LogP contribution in [0.1, 0.15) is 64.7 Å². The van der Waals surface area contributed by atoms with Gasteiger partial charge in [-0.25, -0.2) is 0 Å². The van der Waals surface area contributed by atoms with Crippen molar-refractivity contribution in [2.24, 2.45) is 17.6 Å². The first-order chi connectivity index (χ1) is 8.22. The number of methoxy groups -OCH3 is 1. The Hall–Kier alpha value is -0.0800. The molecule has 0 amide bonds. The maximum Gasteiger partial charge on any atom is 0.0831 e. The van der Waals surface area contributed by atoms with Gasteiger partial charge in [-0.05, 0) is 37.5 Å². The molecule has 1 unspecified atom stereocenters. The van der Waals surface area contributed by atoms with Crippen LogP contribution in [-0.2, 0) is 4.74 Å². The lowest BCUT2D eigenvalue weighted by molar-refractivity contribution is -0.0462. The van der Waals surface area contributed by atoms with Gasteiger partial charge in [-0.3, -0.25) is 0 Å². The predicted octanol–water partition coefficient (Wildman–Crippen LogP) is 3.49. The van der Waals surface area contributed by atoms with Gasteiger partial charge in [0, 0.05) is 13.2 Å². The van der Waals surface area contributed by atoms with Crippen molar-refractivity contribution >= 4 is 0 Å². The standard InChI is InChI=1S/C15H29NO/c1-3-12-6-8-13(9-7-12)14(16)15(17-2)10-4-5-11-15/h12-14H,3-11,16H2,1-2H3. The molecule has 0 spiro atoms. The fraction of sp³-hybridized carbons (Fsp3) is 1.00. The topological polar surface area (TPSA) is 35.2 Å². The fourth-order valence-electron chi connectivity index (χ4n) is 4.03. The average Bonchev–Trinajstić information content (AvgIpc) is 2.88. The number of rotatable bonds is 4. The average molecular weight is 239 g/mol. The first-order valence-corrected chi connectivity index (χ1v) is 7.52. The van der Waals surface area contributed by atoms with E-state index in [0.29, 0.717) is 5.92 Å². The molecule has 2 fully saturated rings. The largest absolute Gasteiger partial charge is 0.377 e. The second-order valence-electron chi connectivity index (χ2n) is 6.19. The van der Waals surface area contributed by atoms with Crippen LogP contribution in [0, 0.1) is 11.8 Å². The molecule has 0 aromatic heterocycles. The Bertz CT molecular complexity index is 227. The Labute approximate surface area is 106 Å². The van der Waals surface area contributed by atoms with Crippen LogP contribution in [0.15, 0.2) is 0 Å². The van der Waals surface area contributed by atoms with Crippen LogP contribution in [-0.4, -0.2) is 18.8 Å². The summed E-state index contributed by atoms with van der Waals surface area (Å²) in [6.07, 6.45) is 11.7. The number of hydrogen-bond acceptors (Lipinski definition) is 2. The zero-order valence-corrected chi connectivity index (χ0v) is 11.6. The van der Waals surface area contributed by atoms with E-state index in [1.807, 2.05) is 7.11 Å². The van der Waals surface area contributed by atoms with Crippen LogP contribution in [0.25, 0.3) is 0 Å². The van der Waals surface area contributed by atoms with Crippen LogP contribution in [0.4, 0.5) is 0 Å². The van der Waals surface area contributed by atoms with Gasteiger partial charge < -0.3 is 10.5 Å². The summed E-state index contributed by atoms with van der Waals surface area (Å²) in [4.78, 5) is 0. The SMILES string of the molecule is CCC1CCC(C(N)C2(OC)CCCC2)CC1. The highest BCUT2D eigenvalue weighted by atomic mass is 16.5. The molecule has 0 saturated heterocycles. The zero-order valence-electron chi connectivity index (χ0n) is 11.6. The van der Waals surface area contributed by atoms with Crippen molar-refractivity contribution in [3.63, 3.8) is 0 Å². The number of nitrogens with two attached hydrogens (primary N) is 1. The van der Waals surface area contributed by atoms with Crippen molar-refractivity contribution < 1.29 is 4.74 Å². The molecular formula is C15H29NO. The monoisotopic (exact) mass is 239 g/mol. The second kappa shape index (κ2) is 5.71. The van der Waals surface area contributed by atoms with E-state index in [9.17, 15) is 0 Å². The number of ether oxygens (including phenoxy) is 1. The van der Waals surface area contributed by atoms with Gasteiger partial charge in [0.05, 0.1) is 5.60 Å². The minimum atomic E-state index is 0.0176. The summed E-state index contributed by atoms with van der Waals surface area (Å²) in [7, 11) is 1.86. The molecule has 2 heteroatoms. The van der Waals surface area contributed by atoms with E-state index >= 15 is 0 Å². The highest BCUT2D eigenvalue weighted by Crippen LogP contribution is 2.41. The van der Waals surface area contributed by atoms with E-state index in [1.54, 1.807) is 0 Å². The Morgan fingerprint density at radius 2 is 1.76 bits per heavy atom. The molecule has 0 aromatic carbocycles. The molecule has 0 radical (unpaired) electrons. The van der Waals surface area contributed by atoms with Gasteiger partial charge in [-0.2, -0.15) is 0 Å². The smallest absolute Gasteiger partial charge is 0.0831 e. The summed E-state index contributed by atoms with van der Waals surface area (Å²) < 4.78 is 5.84. The Morgan fingerprint density at radius 1 is 1.18 bits per heavy atom. The molecule has 0 heterocycles. The normalized spacial score (nSPS) is 34.8. The molecule has 2 rings (SSSR count). The quantitative estimate of drug-likeness (QED) is 0.815. The second-order valence-corrected chi connectivity index (χ2v) is 6.19. The maximum absolute atomic E-state index is 6.56. The first-order valence-electron chi connectivity index (χ1n) is 7.52. The Kier molecular flexibility index (Phi) is 4.48. The third-order valence-electron chi connectivity index (χ3n) is 5.44. The molecule has 100 valence electrons. The van der Waals surface area contributed by atoms with Gasteiger partial charge in [0.2, 0.25) is 0 Å². The van der Waals surface area contributed by atoms with Crippen LogP contribution in [0.2, 0.25) is 0 Å². The third kappa shape index (κ3) is 2.68. The van der Waals surface area contributed by atoms with Crippen molar-refractivity contribution in [3.8, 4) is 0 Å². The Morgan fingerprint density at radius 3 is 2.24 bits per heavy atom. The predicted molar refractivity (Wildman–Crippen MR) is 71.9 cm³/mol. The van der Waals surface area contributed by atoms with Crippen molar-refractivity contribution in [3.05, 3.63) is 0 Å². The molecule has 2 nitrogen and oxygen atoms in total. The van der Waals surface area contributed by atoms with Crippen LogP contribution >= 0.6 is 0 Å². The lowest BCUT2D eigenvalue weighted by Crippen LogP contribution is -2.52. The summed E-state index contributed by atoms with van der Waals surface area (Å²) in [6, 6.07) is 0.271. The summed E-state index contributed by atoms with van der Waals surface area (Å²) in [5.74, 6) is 1.66. The maximum atomic E-state index is 6.56. The van der Waals surface area contributed by atoms with Gasteiger partial charge in [0.1, 0.15) is 0 Å². The van der Waals surface area contributed by atoms with E-state index < -0.39 is 0 Å². The first kappa shape index (κ1) is 13.4. The molecule has 2 aliphatic rings. The van der Waals surface area contributed by atoms with E-state index in [0.717, 1.165) is 5.92 Å². The molecular weight excluding hydrogens is 210 g/mol. The van der Waals surface area contributed by atoms with E-state index in [-0.39, 0.29) is 11.6 Å². The molecule has 17 heavy (non-hydrogen) atoms. The van der Waals surface area contributed by atoms with Crippen LogP contribution in [0.5, 0.6) is 0 Å². The molecule has 2 saturated carbocycles. The van der Waals surface area contributed by atoms with Crippen molar-refractivity contribution in [1.82, 2.24) is 0 Å². The van der Waals surface area contributed by atoms with Crippen molar-refractivity contribution in [2.45, 2.75) is 76.4 Å². The van der Waals surface area contributed by atoms with Crippen molar-refractivity contribution in [1.29, 1.82) is 0 Å². The summed E-state index contributed by atoms with van der Waals surface area (Å²) in [6.45, 7) is 2.32. The molecule has 0 bridgehead atoms. The highest BCUT2D eigenvalue weighted by molar-refractivity contribution is 4.99. The van der Waals surface area contributed by atoms with Crippen LogP contribution < -0.4 is 5.73 Å². The van der Waals surface area contributed by atoms with Crippen LogP contribution in [0.3, 0.4) is 0 Å². The van der Waals surface area contributed by atoms with Gasteiger partial charge in [0.25, 0.3) is 0 Å². The molecule has 0 aliphatic heterocycles. The summed E-state index contributed by atoms with van der Waals surface area (Å²) >= 11 is 0. The van der Waals surface area contributed by atoms with Gasteiger partial charge in [-0.15, -0.1) is 0 Å². The zero-order chi connectivity index (χ0) is 12.3.